The van der Waals surface area contributed by atoms with Crippen molar-refractivity contribution in [2.75, 3.05) is 5.73 Å². The van der Waals surface area contributed by atoms with E-state index in [-0.39, 0.29) is 22.5 Å². The molecule has 0 saturated heterocycles. The maximum absolute atomic E-state index is 12.8. The molecule has 0 atom stereocenters. The van der Waals surface area contributed by atoms with Crippen LogP contribution in [0.25, 0.3) is 11.3 Å². The largest absolute Gasteiger partial charge is 0.381 e. The lowest BCUT2D eigenvalue weighted by molar-refractivity contribution is 0.628. The van der Waals surface area contributed by atoms with Gasteiger partial charge in [-0.05, 0) is 24.3 Å². The second-order valence-electron chi connectivity index (χ2n) is 3.22. The van der Waals surface area contributed by atoms with Crippen molar-refractivity contribution >= 4 is 17.4 Å². The molecule has 84 valence electrons. The average molecular weight is 249 g/mol. The lowest BCUT2D eigenvalue weighted by Gasteiger charge is -2.05. The molecular formula is C11H6ClFN4. The molecule has 0 fully saturated rings. The highest BCUT2D eigenvalue weighted by Crippen LogP contribution is 2.26. The molecule has 0 aliphatic heterocycles. The summed E-state index contributed by atoms with van der Waals surface area (Å²) in [5.74, 6) is -0.365. The van der Waals surface area contributed by atoms with E-state index in [1.165, 1.54) is 24.3 Å². The number of nitrogen functional groups attached to an aromatic ring is 1. The third-order valence-electron chi connectivity index (χ3n) is 2.10. The van der Waals surface area contributed by atoms with Crippen molar-refractivity contribution in [1.82, 2.24) is 9.97 Å². The number of nitrogens with zero attached hydrogens (tertiary/aromatic N) is 3. The van der Waals surface area contributed by atoms with E-state index in [1.54, 1.807) is 6.07 Å². The molecule has 1 heterocycles. The van der Waals surface area contributed by atoms with Gasteiger partial charge < -0.3 is 5.73 Å². The fraction of sp³-hybridized carbons (Fsp3) is 0. The summed E-state index contributed by atoms with van der Waals surface area (Å²) in [6, 6.07) is 7.36. The van der Waals surface area contributed by atoms with Gasteiger partial charge in [-0.1, -0.05) is 11.6 Å². The number of nitrogens with two attached hydrogens (primary N) is 1. The van der Waals surface area contributed by atoms with Gasteiger partial charge in [-0.2, -0.15) is 5.26 Å². The monoisotopic (exact) mass is 248 g/mol. The highest BCUT2D eigenvalue weighted by molar-refractivity contribution is 6.31. The average Bonchev–Trinajstić information content (AvgIpc) is 2.33. The lowest BCUT2D eigenvalue weighted by atomic mass is 10.1. The Bertz CT molecular complexity index is 604. The summed E-state index contributed by atoms with van der Waals surface area (Å²) in [5.41, 5.74) is 6.42. The molecule has 6 heteroatoms. The van der Waals surface area contributed by atoms with Gasteiger partial charge in [0.1, 0.15) is 17.6 Å². The topological polar surface area (TPSA) is 75.6 Å². The minimum absolute atomic E-state index is 0.00350. The van der Waals surface area contributed by atoms with Crippen LogP contribution in [0.4, 0.5) is 10.2 Å². The number of aromatic nitrogens is 2. The van der Waals surface area contributed by atoms with Crippen LogP contribution in [0.3, 0.4) is 0 Å². The minimum atomic E-state index is -0.362. The minimum Gasteiger partial charge on any atom is -0.381 e. The van der Waals surface area contributed by atoms with Crippen LogP contribution >= 0.6 is 11.6 Å². The SMILES string of the molecule is N#Cc1nc(Cl)c(-c2ccc(F)cc2)nc1N. The zero-order chi connectivity index (χ0) is 12.4. The zero-order valence-corrected chi connectivity index (χ0v) is 9.24. The summed E-state index contributed by atoms with van der Waals surface area (Å²) in [5, 5.41) is 8.76. The van der Waals surface area contributed by atoms with Gasteiger partial charge in [0.05, 0.1) is 0 Å². The molecule has 2 rings (SSSR count). The fourth-order valence-corrected chi connectivity index (χ4v) is 1.54. The number of halogens is 2. The summed E-state index contributed by atoms with van der Waals surface area (Å²) in [4.78, 5) is 7.79. The van der Waals surface area contributed by atoms with Crippen LogP contribution < -0.4 is 5.73 Å². The molecule has 17 heavy (non-hydrogen) atoms. The van der Waals surface area contributed by atoms with E-state index in [2.05, 4.69) is 9.97 Å². The Labute approximate surface area is 101 Å². The number of nitriles is 1. The fourth-order valence-electron chi connectivity index (χ4n) is 1.30. The third kappa shape index (κ3) is 2.17. The first-order valence-corrected chi connectivity index (χ1v) is 4.98. The van der Waals surface area contributed by atoms with E-state index in [1.807, 2.05) is 0 Å². The Hall–Kier alpha value is -2.19. The van der Waals surface area contributed by atoms with Gasteiger partial charge in [-0.15, -0.1) is 0 Å². The smallest absolute Gasteiger partial charge is 0.184 e. The highest BCUT2D eigenvalue weighted by Gasteiger charge is 2.11. The van der Waals surface area contributed by atoms with E-state index in [0.717, 1.165) is 0 Å². The molecule has 4 nitrogen and oxygen atoms in total. The van der Waals surface area contributed by atoms with E-state index >= 15 is 0 Å². The molecule has 0 saturated carbocycles. The highest BCUT2D eigenvalue weighted by atomic mass is 35.5. The molecule has 0 unspecified atom stereocenters. The van der Waals surface area contributed by atoms with E-state index in [4.69, 9.17) is 22.6 Å². The van der Waals surface area contributed by atoms with Gasteiger partial charge in [0.25, 0.3) is 0 Å². The van der Waals surface area contributed by atoms with Crippen LogP contribution in [0.2, 0.25) is 5.15 Å². The number of benzene rings is 1. The van der Waals surface area contributed by atoms with Crippen LogP contribution in [-0.2, 0) is 0 Å². The Morgan fingerprint density at radius 1 is 1.24 bits per heavy atom. The quantitative estimate of drug-likeness (QED) is 0.841. The number of hydrogen-bond acceptors (Lipinski definition) is 4. The predicted molar refractivity (Wildman–Crippen MR) is 61.6 cm³/mol. The molecule has 0 aliphatic rings. The zero-order valence-electron chi connectivity index (χ0n) is 8.48. The predicted octanol–water partition coefficient (Wildman–Crippen LogP) is 2.39. The summed E-state index contributed by atoms with van der Waals surface area (Å²) in [6.45, 7) is 0. The van der Waals surface area contributed by atoms with Crippen LogP contribution in [0, 0.1) is 17.1 Å². The molecule has 1 aromatic carbocycles. The van der Waals surface area contributed by atoms with Crippen LogP contribution in [0.1, 0.15) is 5.69 Å². The Morgan fingerprint density at radius 2 is 1.88 bits per heavy atom. The second-order valence-corrected chi connectivity index (χ2v) is 3.57. The Morgan fingerprint density at radius 3 is 2.47 bits per heavy atom. The van der Waals surface area contributed by atoms with Crippen LogP contribution in [0.5, 0.6) is 0 Å². The van der Waals surface area contributed by atoms with E-state index in [0.29, 0.717) is 11.3 Å². The maximum Gasteiger partial charge on any atom is 0.184 e. The maximum atomic E-state index is 12.8. The normalized spacial score (nSPS) is 9.94. The summed E-state index contributed by atoms with van der Waals surface area (Å²) < 4.78 is 12.8. The molecule has 0 spiro atoms. The molecule has 0 radical (unpaired) electrons. The molecule has 1 aromatic heterocycles. The third-order valence-corrected chi connectivity index (χ3v) is 2.37. The van der Waals surface area contributed by atoms with Crippen LogP contribution in [0.15, 0.2) is 24.3 Å². The second kappa shape index (κ2) is 4.36. The summed E-state index contributed by atoms with van der Waals surface area (Å²) in [6.07, 6.45) is 0. The van der Waals surface area contributed by atoms with Gasteiger partial charge >= 0.3 is 0 Å². The number of anilines is 1. The van der Waals surface area contributed by atoms with Crippen molar-refractivity contribution in [3.8, 4) is 17.3 Å². The van der Waals surface area contributed by atoms with Crippen molar-refractivity contribution in [3.05, 3.63) is 40.9 Å². The van der Waals surface area contributed by atoms with Crippen molar-refractivity contribution in [3.63, 3.8) is 0 Å². The number of rotatable bonds is 1. The van der Waals surface area contributed by atoms with Crippen molar-refractivity contribution in [2.24, 2.45) is 0 Å². The first-order chi connectivity index (χ1) is 8.11. The molecule has 2 N–H and O–H groups in total. The standard InChI is InChI=1S/C11H6ClFN4/c12-10-9(6-1-3-7(13)4-2-6)17-11(15)8(5-14)16-10/h1-4H,(H2,15,17). The molecule has 0 bridgehead atoms. The molecule has 0 amide bonds. The van der Waals surface area contributed by atoms with Gasteiger partial charge in [0, 0.05) is 5.56 Å². The van der Waals surface area contributed by atoms with Crippen molar-refractivity contribution in [1.29, 1.82) is 5.26 Å². The summed E-state index contributed by atoms with van der Waals surface area (Å²) in [7, 11) is 0. The van der Waals surface area contributed by atoms with Gasteiger partial charge in [-0.25, -0.2) is 14.4 Å². The van der Waals surface area contributed by atoms with Gasteiger partial charge in [-0.3, -0.25) is 0 Å². The Balaban J connectivity index is 2.57. The van der Waals surface area contributed by atoms with Gasteiger partial charge in [0.15, 0.2) is 16.7 Å². The van der Waals surface area contributed by atoms with E-state index < -0.39 is 0 Å². The van der Waals surface area contributed by atoms with E-state index in [9.17, 15) is 4.39 Å². The number of hydrogen-bond donors (Lipinski definition) is 1. The van der Waals surface area contributed by atoms with Crippen molar-refractivity contribution in [2.45, 2.75) is 0 Å². The summed E-state index contributed by atoms with van der Waals surface area (Å²) >= 11 is 5.88. The van der Waals surface area contributed by atoms with Gasteiger partial charge in [0.2, 0.25) is 0 Å². The first kappa shape index (κ1) is 11.3. The molecular weight excluding hydrogens is 243 g/mol. The van der Waals surface area contributed by atoms with Crippen LogP contribution in [-0.4, -0.2) is 9.97 Å². The Kier molecular flexibility index (Phi) is 2.90. The lowest BCUT2D eigenvalue weighted by Crippen LogP contribution is -2.00. The molecule has 2 aromatic rings. The molecule has 0 aliphatic carbocycles. The van der Waals surface area contributed by atoms with Crippen molar-refractivity contribution < 1.29 is 4.39 Å². The first-order valence-electron chi connectivity index (χ1n) is 4.61.